The number of carbonyl (C=O) groups is 1. The smallest absolute Gasteiger partial charge is 0.253 e. The van der Waals surface area contributed by atoms with Crippen molar-refractivity contribution in [3.8, 4) is 0 Å². The van der Waals surface area contributed by atoms with Crippen LogP contribution in [0, 0.1) is 0 Å². The highest BCUT2D eigenvalue weighted by molar-refractivity contribution is 6.31. The van der Waals surface area contributed by atoms with E-state index in [0.29, 0.717) is 22.7 Å². The summed E-state index contributed by atoms with van der Waals surface area (Å²) in [5.41, 5.74) is 7.48. The topological polar surface area (TPSA) is 75.4 Å². The van der Waals surface area contributed by atoms with Gasteiger partial charge in [-0.1, -0.05) is 41.9 Å². The van der Waals surface area contributed by atoms with E-state index in [1.165, 1.54) is 6.07 Å². The summed E-state index contributed by atoms with van der Waals surface area (Å²) in [5, 5.41) is 12.6. The number of anilines is 1. The second kappa shape index (κ2) is 7.11. The Balaban J connectivity index is 2.07. The number of amides is 1. The molecule has 1 amide bonds. The van der Waals surface area contributed by atoms with E-state index < -0.39 is 0 Å². The molecule has 2 aromatic rings. The van der Waals surface area contributed by atoms with Gasteiger partial charge in [-0.25, -0.2) is 0 Å². The van der Waals surface area contributed by atoms with E-state index in [9.17, 15) is 9.90 Å². The molecular weight excluding hydrogens is 288 g/mol. The van der Waals surface area contributed by atoms with Gasteiger partial charge in [-0.2, -0.15) is 0 Å². The standard InChI is InChI=1S/C16H17ClN2O2/c17-12-6-7-15(18)14(9-12)16(21)19-13(10-20)8-11-4-2-1-3-5-11/h1-7,9,13,20H,8,10,18H2,(H,19,21)/t13-/m1/s1. The van der Waals surface area contributed by atoms with Crippen molar-refractivity contribution < 1.29 is 9.90 Å². The molecule has 0 aliphatic carbocycles. The lowest BCUT2D eigenvalue weighted by molar-refractivity contribution is 0.0917. The number of benzene rings is 2. The van der Waals surface area contributed by atoms with Crippen molar-refractivity contribution in [1.82, 2.24) is 5.32 Å². The van der Waals surface area contributed by atoms with Crippen molar-refractivity contribution in [2.45, 2.75) is 12.5 Å². The van der Waals surface area contributed by atoms with Gasteiger partial charge in [0.25, 0.3) is 5.91 Å². The number of aliphatic hydroxyl groups excluding tert-OH is 1. The fraction of sp³-hybridized carbons (Fsp3) is 0.188. The molecule has 0 aromatic heterocycles. The summed E-state index contributed by atoms with van der Waals surface area (Å²) in [6, 6.07) is 14.0. The number of hydrogen-bond donors (Lipinski definition) is 3. The molecule has 0 aliphatic rings. The van der Waals surface area contributed by atoms with Crippen LogP contribution < -0.4 is 11.1 Å². The van der Waals surface area contributed by atoms with Gasteiger partial charge in [-0.05, 0) is 30.2 Å². The highest BCUT2D eigenvalue weighted by atomic mass is 35.5. The van der Waals surface area contributed by atoms with Gasteiger partial charge < -0.3 is 16.2 Å². The van der Waals surface area contributed by atoms with E-state index in [0.717, 1.165) is 5.56 Å². The van der Waals surface area contributed by atoms with E-state index >= 15 is 0 Å². The van der Waals surface area contributed by atoms with E-state index in [1.54, 1.807) is 12.1 Å². The summed E-state index contributed by atoms with van der Waals surface area (Å²) in [6.45, 7) is -0.152. The van der Waals surface area contributed by atoms with Crippen LogP contribution in [0.25, 0.3) is 0 Å². The Morgan fingerprint density at radius 2 is 1.95 bits per heavy atom. The second-order valence-electron chi connectivity index (χ2n) is 4.77. The van der Waals surface area contributed by atoms with Crippen molar-refractivity contribution in [2.24, 2.45) is 0 Å². The van der Waals surface area contributed by atoms with Crippen LogP contribution in [0.4, 0.5) is 5.69 Å². The van der Waals surface area contributed by atoms with Gasteiger partial charge >= 0.3 is 0 Å². The van der Waals surface area contributed by atoms with Crippen molar-refractivity contribution in [3.05, 3.63) is 64.7 Å². The van der Waals surface area contributed by atoms with Crippen LogP contribution in [0.1, 0.15) is 15.9 Å². The molecule has 2 aromatic carbocycles. The van der Waals surface area contributed by atoms with E-state index in [1.807, 2.05) is 30.3 Å². The Morgan fingerprint density at radius 1 is 1.24 bits per heavy atom. The van der Waals surface area contributed by atoms with Crippen LogP contribution in [0.15, 0.2) is 48.5 Å². The maximum atomic E-state index is 12.2. The quantitative estimate of drug-likeness (QED) is 0.742. The van der Waals surface area contributed by atoms with Crippen LogP contribution >= 0.6 is 11.6 Å². The summed E-state index contributed by atoms with van der Waals surface area (Å²) in [4.78, 5) is 12.2. The van der Waals surface area contributed by atoms with Gasteiger partial charge in [0.15, 0.2) is 0 Å². The Labute approximate surface area is 128 Å². The predicted octanol–water partition coefficient (Wildman–Crippen LogP) is 2.26. The molecule has 0 radical (unpaired) electrons. The average Bonchev–Trinajstić information content (AvgIpc) is 2.50. The zero-order valence-corrected chi connectivity index (χ0v) is 12.2. The number of nitrogens with two attached hydrogens (primary N) is 1. The van der Waals surface area contributed by atoms with Crippen LogP contribution in [-0.4, -0.2) is 23.7 Å². The van der Waals surface area contributed by atoms with Gasteiger partial charge in [0, 0.05) is 10.7 Å². The lowest BCUT2D eigenvalue weighted by Gasteiger charge is -2.17. The highest BCUT2D eigenvalue weighted by Crippen LogP contribution is 2.18. The SMILES string of the molecule is Nc1ccc(Cl)cc1C(=O)N[C@@H](CO)Cc1ccccc1. The first-order valence-corrected chi connectivity index (χ1v) is 6.98. The largest absolute Gasteiger partial charge is 0.398 e. The minimum absolute atomic E-state index is 0.152. The van der Waals surface area contributed by atoms with Crippen LogP contribution in [0.3, 0.4) is 0 Å². The van der Waals surface area contributed by atoms with Crippen molar-refractivity contribution in [1.29, 1.82) is 0 Å². The molecule has 110 valence electrons. The monoisotopic (exact) mass is 304 g/mol. The molecule has 0 bridgehead atoms. The summed E-state index contributed by atoms with van der Waals surface area (Å²) in [7, 11) is 0. The number of aliphatic hydroxyl groups is 1. The summed E-state index contributed by atoms with van der Waals surface area (Å²) < 4.78 is 0. The fourth-order valence-electron chi connectivity index (χ4n) is 2.05. The molecular formula is C16H17ClN2O2. The minimum Gasteiger partial charge on any atom is -0.398 e. The number of hydrogen-bond acceptors (Lipinski definition) is 3. The Morgan fingerprint density at radius 3 is 2.62 bits per heavy atom. The fourth-order valence-corrected chi connectivity index (χ4v) is 2.22. The van der Waals surface area contributed by atoms with Gasteiger partial charge in [-0.3, -0.25) is 4.79 Å². The molecule has 0 unspecified atom stereocenters. The third-order valence-electron chi connectivity index (χ3n) is 3.14. The Hall–Kier alpha value is -2.04. The normalized spacial score (nSPS) is 11.9. The molecule has 0 heterocycles. The van der Waals surface area contributed by atoms with Gasteiger partial charge in [0.2, 0.25) is 0 Å². The lowest BCUT2D eigenvalue weighted by Crippen LogP contribution is -2.39. The third kappa shape index (κ3) is 4.21. The maximum absolute atomic E-state index is 12.2. The lowest BCUT2D eigenvalue weighted by atomic mass is 10.1. The van der Waals surface area contributed by atoms with E-state index in [4.69, 9.17) is 17.3 Å². The number of nitrogens with one attached hydrogen (secondary N) is 1. The maximum Gasteiger partial charge on any atom is 0.253 e. The molecule has 21 heavy (non-hydrogen) atoms. The van der Waals surface area contributed by atoms with E-state index in [-0.39, 0.29) is 18.6 Å². The molecule has 0 saturated heterocycles. The van der Waals surface area contributed by atoms with E-state index in [2.05, 4.69) is 5.32 Å². The van der Waals surface area contributed by atoms with Gasteiger partial charge in [-0.15, -0.1) is 0 Å². The van der Waals surface area contributed by atoms with Crippen molar-refractivity contribution in [2.75, 3.05) is 12.3 Å². The second-order valence-corrected chi connectivity index (χ2v) is 5.21. The number of rotatable bonds is 5. The highest BCUT2D eigenvalue weighted by Gasteiger charge is 2.16. The summed E-state index contributed by atoms with van der Waals surface area (Å²) >= 11 is 5.88. The first-order chi connectivity index (χ1) is 10.1. The molecule has 0 aliphatic heterocycles. The molecule has 0 fully saturated rings. The third-order valence-corrected chi connectivity index (χ3v) is 3.38. The molecule has 5 heteroatoms. The minimum atomic E-state index is -0.377. The van der Waals surface area contributed by atoms with Crippen LogP contribution in [0.2, 0.25) is 5.02 Å². The van der Waals surface area contributed by atoms with Gasteiger partial charge in [0.05, 0.1) is 18.2 Å². The summed E-state index contributed by atoms with van der Waals surface area (Å²) in [5.74, 6) is -0.343. The zero-order chi connectivity index (χ0) is 15.2. The first kappa shape index (κ1) is 15.4. The molecule has 0 saturated carbocycles. The number of halogens is 1. The number of nitrogen functional groups attached to an aromatic ring is 1. The zero-order valence-electron chi connectivity index (χ0n) is 11.4. The Bertz CT molecular complexity index is 617. The summed E-state index contributed by atoms with van der Waals surface area (Å²) in [6.07, 6.45) is 0.545. The first-order valence-electron chi connectivity index (χ1n) is 6.61. The molecule has 1 atom stereocenters. The predicted molar refractivity (Wildman–Crippen MR) is 84.4 cm³/mol. The average molecular weight is 305 g/mol. The molecule has 2 rings (SSSR count). The van der Waals surface area contributed by atoms with Crippen molar-refractivity contribution >= 4 is 23.2 Å². The van der Waals surface area contributed by atoms with Crippen molar-refractivity contribution in [3.63, 3.8) is 0 Å². The van der Waals surface area contributed by atoms with Gasteiger partial charge in [0.1, 0.15) is 0 Å². The van der Waals surface area contributed by atoms with Crippen LogP contribution in [-0.2, 0) is 6.42 Å². The number of carbonyl (C=O) groups excluding carboxylic acids is 1. The van der Waals surface area contributed by atoms with Crippen LogP contribution in [0.5, 0.6) is 0 Å². The molecule has 4 N–H and O–H groups in total. The molecule has 4 nitrogen and oxygen atoms in total. The Kier molecular flexibility index (Phi) is 5.20. The molecule has 0 spiro atoms.